The molecule has 1 N–H and O–H groups in total. The zero-order valence-corrected chi connectivity index (χ0v) is 19.0. The van der Waals surface area contributed by atoms with E-state index in [2.05, 4.69) is 9.62 Å². The summed E-state index contributed by atoms with van der Waals surface area (Å²) in [6, 6.07) is 18.8. The van der Waals surface area contributed by atoms with E-state index in [1.807, 2.05) is 30.3 Å². The number of rotatable bonds is 6. The Hall–Kier alpha value is -2.39. The average Bonchev–Trinajstić information content (AvgIpc) is 3.34. The SMILES string of the molecule is O=C([C@H](NS(=O)(=O)c1cccs1)c1ccccc1)N1CCN(c2cccc(Cl)c2)CC1. The second-order valence-corrected chi connectivity index (χ2v) is 10.5. The van der Waals surface area contributed by atoms with Crippen molar-refractivity contribution in [1.29, 1.82) is 0 Å². The molecule has 1 aliphatic heterocycles. The number of hydrogen-bond acceptors (Lipinski definition) is 5. The van der Waals surface area contributed by atoms with Gasteiger partial charge in [-0.2, -0.15) is 4.72 Å². The smallest absolute Gasteiger partial charge is 0.251 e. The third kappa shape index (κ3) is 5.10. The molecule has 1 atom stereocenters. The topological polar surface area (TPSA) is 69.7 Å². The van der Waals surface area contributed by atoms with Crippen LogP contribution in [-0.4, -0.2) is 45.4 Å². The largest absolute Gasteiger partial charge is 0.368 e. The Bertz CT molecular complexity index is 1130. The first kappa shape index (κ1) is 21.8. The molecule has 0 saturated carbocycles. The summed E-state index contributed by atoms with van der Waals surface area (Å²) in [7, 11) is -3.81. The molecular weight excluding hydrogens is 454 g/mol. The number of amides is 1. The minimum atomic E-state index is -3.81. The van der Waals surface area contributed by atoms with Gasteiger partial charge in [0, 0.05) is 36.9 Å². The quantitative estimate of drug-likeness (QED) is 0.589. The molecule has 4 rings (SSSR count). The first-order valence-electron chi connectivity index (χ1n) is 9.84. The fourth-order valence-electron chi connectivity index (χ4n) is 3.58. The fraction of sp³-hybridized carbons (Fsp3) is 0.227. The maximum absolute atomic E-state index is 13.4. The van der Waals surface area contributed by atoms with E-state index < -0.39 is 16.1 Å². The Kier molecular flexibility index (Phi) is 6.62. The number of carbonyl (C=O) groups excluding carboxylic acids is 1. The van der Waals surface area contributed by atoms with Crippen molar-refractivity contribution in [2.75, 3.05) is 31.1 Å². The lowest BCUT2D eigenvalue weighted by atomic mass is 10.1. The average molecular weight is 476 g/mol. The molecule has 6 nitrogen and oxygen atoms in total. The van der Waals surface area contributed by atoms with E-state index in [0.717, 1.165) is 17.0 Å². The third-order valence-electron chi connectivity index (χ3n) is 5.18. The summed E-state index contributed by atoms with van der Waals surface area (Å²) in [6.45, 7) is 2.28. The number of hydrogen-bond donors (Lipinski definition) is 1. The third-order valence-corrected chi connectivity index (χ3v) is 8.23. The predicted octanol–water partition coefficient (Wildman–Crippen LogP) is 3.77. The van der Waals surface area contributed by atoms with E-state index in [4.69, 9.17) is 11.6 Å². The molecule has 1 amide bonds. The van der Waals surface area contributed by atoms with Crippen LogP contribution in [0.1, 0.15) is 11.6 Å². The van der Waals surface area contributed by atoms with Crippen molar-refractivity contribution in [3.63, 3.8) is 0 Å². The summed E-state index contributed by atoms with van der Waals surface area (Å²) >= 11 is 7.22. The summed E-state index contributed by atoms with van der Waals surface area (Å²) in [4.78, 5) is 17.3. The lowest BCUT2D eigenvalue weighted by Gasteiger charge is -2.37. The molecular formula is C22H22ClN3O3S2. The van der Waals surface area contributed by atoms with E-state index in [1.165, 1.54) is 6.07 Å². The number of nitrogens with one attached hydrogen (secondary N) is 1. The second kappa shape index (κ2) is 9.40. The van der Waals surface area contributed by atoms with Crippen molar-refractivity contribution in [3.8, 4) is 0 Å². The van der Waals surface area contributed by atoms with Crippen molar-refractivity contribution in [2.45, 2.75) is 10.3 Å². The van der Waals surface area contributed by atoms with Gasteiger partial charge >= 0.3 is 0 Å². The Balaban J connectivity index is 1.52. The van der Waals surface area contributed by atoms with E-state index in [9.17, 15) is 13.2 Å². The summed E-state index contributed by atoms with van der Waals surface area (Å²) in [5, 5.41) is 2.37. The van der Waals surface area contributed by atoms with E-state index >= 15 is 0 Å². The summed E-state index contributed by atoms with van der Waals surface area (Å²) < 4.78 is 28.5. The highest BCUT2D eigenvalue weighted by molar-refractivity contribution is 7.91. The summed E-state index contributed by atoms with van der Waals surface area (Å²) in [6.07, 6.45) is 0. The number of sulfonamides is 1. The molecule has 31 heavy (non-hydrogen) atoms. The van der Waals surface area contributed by atoms with Crippen LogP contribution in [0.25, 0.3) is 0 Å². The van der Waals surface area contributed by atoms with Gasteiger partial charge in [0.05, 0.1) is 0 Å². The van der Waals surface area contributed by atoms with Crippen molar-refractivity contribution in [3.05, 3.63) is 82.7 Å². The molecule has 1 fully saturated rings. The van der Waals surface area contributed by atoms with Gasteiger partial charge in [0.25, 0.3) is 10.0 Å². The van der Waals surface area contributed by atoms with Gasteiger partial charge in [0.1, 0.15) is 10.3 Å². The number of carbonyl (C=O) groups is 1. The molecule has 2 heterocycles. The highest BCUT2D eigenvalue weighted by Crippen LogP contribution is 2.25. The normalized spacial score (nSPS) is 15.6. The van der Waals surface area contributed by atoms with Gasteiger partial charge in [-0.3, -0.25) is 4.79 Å². The molecule has 3 aromatic rings. The zero-order valence-electron chi connectivity index (χ0n) is 16.6. The Morgan fingerprint density at radius 1 is 0.968 bits per heavy atom. The molecule has 2 aromatic carbocycles. The van der Waals surface area contributed by atoms with Gasteiger partial charge in [-0.25, -0.2) is 8.42 Å². The van der Waals surface area contributed by atoms with Crippen LogP contribution >= 0.6 is 22.9 Å². The van der Waals surface area contributed by atoms with Gasteiger partial charge in [-0.05, 0) is 35.2 Å². The molecule has 1 aromatic heterocycles. The van der Waals surface area contributed by atoms with Gasteiger partial charge in [-0.15, -0.1) is 11.3 Å². The van der Waals surface area contributed by atoms with Crippen LogP contribution in [0.2, 0.25) is 5.02 Å². The summed E-state index contributed by atoms with van der Waals surface area (Å²) in [5.41, 5.74) is 1.63. The van der Waals surface area contributed by atoms with Crippen LogP contribution in [0.15, 0.2) is 76.3 Å². The number of nitrogens with zero attached hydrogens (tertiary/aromatic N) is 2. The number of benzene rings is 2. The van der Waals surface area contributed by atoms with Crippen LogP contribution in [-0.2, 0) is 14.8 Å². The van der Waals surface area contributed by atoms with Gasteiger partial charge in [-0.1, -0.05) is 54.1 Å². The first-order chi connectivity index (χ1) is 14.9. The number of halogens is 1. The molecule has 162 valence electrons. The van der Waals surface area contributed by atoms with Crippen molar-refractivity contribution in [1.82, 2.24) is 9.62 Å². The maximum Gasteiger partial charge on any atom is 0.251 e. The van der Waals surface area contributed by atoms with Crippen LogP contribution in [0.3, 0.4) is 0 Å². The second-order valence-electron chi connectivity index (χ2n) is 7.19. The van der Waals surface area contributed by atoms with Crippen molar-refractivity contribution in [2.24, 2.45) is 0 Å². The molecule has 0 radical (unpaired) electrons. The highest BCUT2D eigenvalue weighted by atomic mass is 35.5. The Morgan fingerprint density at radius 3 is 2.35 bits per heavy atom. The highest BCUT2D eigenvalue weighted by Gasteiger charge is 2.32. The Morgan fingerprint density at radius 2 is 1.71 bits per heavy atom. The fourth-order valence-corrected chi connectivity index (χ4v) is 5.95. The maximum atomic E-state index is 13.4. The van der Waals surface area contributed by atoms with Gasteiger partial charge in [0.15, 0.2) is 0 Å². The Labute approximate surface area is 191 Å². The summed E-state index contributed by atoms with van der Waals surface area (Å²) in [5.74, 6) is -0.253. The number of thiophene rings is 1. The molecule has 0 unspecified atom stereocenters. The first-order valence-corrected chi connectivity index (χ1v) is 12.6. The number of piperazine rings is 1. The van der Waals surface area contributed by atoms with E-state index in [1.54, 1.807) is 40.6 Å². The predicted molar refractivity (Wildman–Crippen MR) is 124 cm³/mol. The van der Waals surface area contributed by atoms with Crippen LogP contribution in [0.4, 0.5) is 5.69 Å². The van der Waals surface area contributed by atoms with Crippen LogP contribution in [0, 0.1) is 0 Å². The van der Waals surface area contributed by atoms with Crippen molar-refractivity contribution < 1.29 is 13.2 Å². The van der Waals surface area contributed by atoms with Crippen LogP contribution < -0.4 is 9.62 Å². The van der Waals surface area contributed by atoms with E-state index in [0.29, 0.717) is 36.8 Å². The van der Waals surface area contributed by atoms with Crippen LogP contribution in [0.5, 0.6) is 0 Å². The van der Waals surface area contributed by atoms with E-state index in [-0.39, 0.29) is 10.1 Å². The molecule has 1 saturated heterocycles. The minimum absolute atomic E-state index is 0.187. The molecule has 0 aliphatic carbocycles. The molecule has 9 heteroatoms. The minimum Gasteiger partial charge on any atom is -0.368 e. The molecule has 1 aliphatic rings. The van der Waals surface area contributed by atoms with Crippen molar-refractivity contribution >= 4 is 44.6 Å². The lowest BCUT2D eigenvalue weighted by molar-refractivity contribution is -0.133. The molecule has 0 spiro atoms. The zero-order chi connectivity index (χ0) is 21.8. The molecule has 0 bridgehead atoms. The monoisotopic (exact) mass is 475 g/mol. The van der Waals surface area contributed by atoms with Gasteiger partial charge in [0.2, 0.25) is 5.91 Å². The standard InChI is InChI=1S/C22H22ClN3O3S2/c23-18-8-4-9-19(16-18)25-11-13-26(14-12-25)22(27)21(17-6-2-1-3-7-17)24-31(28,29)20-10-5-15-30-20/h1-10,15-16,21,24H,11-14H2/t21-/m1/s1. The lowest BCUT2D eigenvalue weighted by Crippen LogP contribution is -2.52. The van der Waals surface area contributed by atoms with Gasteiger partial charge < -0.3 is 9.80 Å². The number of anilines is 1.